The summed E-state index contributed by atoms with van der Waals surface area (Å²) >= 11 is 0. The molecule has 0 fully saturated rings. The molecule has 0 aliphatic rings. The Morgan fingerprint density at radius 1 is 0.711 bits per heavy atom. The maximum absolute atomic E-state index is 13.2. The summed E-state index contributed by atoms with van der Waals surface area (Å²) in [6, 6.07) is 12.6. The number of hydrogen-bond donors (Lipinski definition) is 7. The second kappa shape index (κ2) is 15.1. The number of hydrogen-bond acceptors (Lipinski definition) is 7. The van der Waals surface area contributed by atoms with Crippen LogP contribution in [0.25, 0.3) is 0 Å². The highest BCUT2D eigenvalue weighted by molar-refractivity contribution is 5.94. The van der Waals surface area contributed by atoms with Gasteiger partial charge in [0.05, 0.1) is 12.6 Å². The zero-order chi connectivity index (χ0) is 28.1. The van der Waals surface area contributed by atoms with Gasteiger partial charge in [-0.05, 0) is 24.0 Å². The lowest BCUT2D eigenvalue weighted by molar-refractivity contribution is -0.143. The van der Waals surface area contributed by atoms with Crippen LogP contribution in [0.4, 0.5) is 0 Å². The van der Waals surface area contributed by atoms with Gasteiger partial charge in [0.15, 0.2) is 0 Å². The summed E-state index contributed by atoms with van der Waals surface area (Å²) in [4.78, 5) is 61.5. The lowest BCUT2D eigenvalue weighted by Gasteiger charge is -2.25. The first-order valence-electron chi connectivity index (χ1n) is 12.0. The van der Waals surface area contributed by atoms with Crippen molar-refractivity contribution in [2.24, 2.45) is 11.5 Å². The zero-order valence-corrected chi connectivity index (χ0v) is 20.7. The van der Waals surface area contributed by atoms with E-state index < -0.39 is 60.4 Å². The fourth-order valence-corrected chi connectivity index (χ4v) is 3.58. The van der Waals surface area contributed by atoms with Gasteiger partial charge in [0.2, 0.25) is 23.6 Å². The second-order valence-electron chi connectivity index (χ2n) is 8.70. The van der Waals surface area contributed by atoms with Gasteiger partial charge in [-0.3, -0.25) is 19.2 Å². The average molecular weight is 528 g/mol. The van der Waals surface area contributed by atoms with Crippen molar-refractivity contribution in [2.45, 2.75) is 49.9 Å². The lowest BCUT2D eigenvalue weighted by Crippen LogP contribution is -2.58. The normalized spacial score (nSPS) is 13.8. The van der Waals surface area contributed by atoms with Gasteiger partial charge in [-0.1, -0.05) is 60.7 Å². The van der Waals surface area contributed by atoms with E-state index in [-0.39, 0.29) is 25.7 Å². The number of benzene rings is 2. The maximum atomic E-state index is 13.2. The van der Waals surface area contributed by atoms with E-state index in [1.165, 1.54) is 0 Å². The molecular weight excluding hydrogens is 494 g/mol. The number of carbonyl (C=O) groups excluding carboxylic acids is 4. The summed E-state index contributed by atoms with van der Waals surface area (Å²) < 4.78 is 0. The SMILES string of the molecule is NC(=O)CCC(NC(=O)C(N)Cc1ccccc1)C(=O)NC(Cc1ccccc1)C(=O)NC(CO)C(=O)O. The van der Waals surface area contributed by atoms with Crippen molar-refractivity contribution in [1.82, 2.24) is 16.0 Å². The van der Waals surface area contributed by atoms with Gasteiger partial charge in [0.1, 0.15) is 18.1 Å². The van der Waals surface area contributed by atoms with Gasteiger partial charge >= 0.3 is 5.97 Å². The molecule has 0 saturated heterocycles. The Labute approximate surface area is 219 Å². The van der Waals surface area contributed by atoms with E-state index in [9.17, 15) is 34.2 Å². The Kier molecular flexibility index (Phi) is 11.9. The first-order chi connectivity index (χ1) is 18.1. The lowest BCUT2D eigenvalue weighted by atomic mass is 10.0. The van der Waals surface area contributed by atoms with Gasteiger partial charge in [-0.25, -0.2) is 4.79 Å². The number of carbonyl (C=O) groups is 5. The van der Waals surface area contributed by atoms with Crippen molar-refractivity contribution in [1.29, 1.82) is 0 Å². The molecule has 2 aromatic rings. The monoisotopic (exact) mass is 527 g/mol. The van der Waals surface area contributed by atoms with Crippen LogP contribution in [-0.4, -0.2) is 70.6 Å². The number of aliphatic carboxylic acids is 1. The van der Waals surface area contributed by atoms with Crippen LogP contribution < -0.4 is 27.4 Å². The molecule has 12 nitrogen and oxygen atoms in total. The molecule has 38 heavy (non-hydrogen) atoms. The zero-order valence-electron chi connectivity index (χ0n) is 20.7. The summed E-state index contributed by atoms with van der Waals surface area (Å²) in [5.41, 5.74) is 12.7. The Bertz CT molecular complexity index is 1100. The second-order valence-corrected chi connectivity index (χ2v) is 8.70. The highest BCUT2D eigenvalue weighted by Gasteiger charge is 2.30. The largest absolute Gasteiger partial charge is 0.480 e. The number of rotatable bonds is 15. The van der Waals surface area contributed by atoms with Crippen LogP contribution in [0, 0.1) is 0 Å². The number of carboxylic acids is 1. The number of carboxylic acid groups (broad SMARTS) is 1. The highest BCUT2D eigenvalue weighted by Crippen LogP contribution is 2.07. The third-order valence-electron chi connectivity index (χ3n) is 5.66. The van der Waals surface area contributed by atoms with E-state index in [4.69, 9.17) is 11.5 Å². The van der Waals surface area contributed by atoms with E-state index in [0.29, 0.717) is 5.56 Å². The first kappa shape index (κ1) is 29.9. The smallest absolute Gasteiger partial charge is 0.328 e. The van der Waals surface area contributed by atoms with Crippen LogP contribution in [0.2, 0.25) is 0 Å². The molecule has 0 saturated carbocycles. The minimum absolute atomic E-state index is 0.0137. The Hall–Kier alpha value is -4.29. The van der Waals surface area contributed by atoms with Crippen LogP contribution in [-0.2, 0) is 36.8 Å². The van der Waals surface area contributed by atoms with Gasteiger partial charge in [0.25, 0.3) is 0 Å². The van der Waals surface area contributed by atoms with E-state index in [1.807, 2.05) is 6.07 Å². The van der Waals surface area contributed by atoms with E-state index in [0.717, 1.165) is 5.56 Å². The van der Waals surface area contributed by atoms with Crippen LogP contribution in [0.3, 0.4) is 0 Å². The van der Waals surface area contributed by atoms with Gasteiger partial charge in [-0.2, -0.15) is 0 Å². The maximum Gasteiger partial charge on any atom is 0.328 e. The predicted molar refractivity (Wildman–Crippen MR) is 137 cm³/mol. The van der Waals surface area contributed by atoms with E-state index in [1.54, 1.807) is 54.6 Å². The van der Waals surface area contributed by atoms with Gasteiger partial charge < -0.3 is 37.6 Å². The molecule has 2 aromatic carbocycles. The van der Waals surface area contributed by atoms with Gasteiger partial charge in [0, 0.05) is 12.8 Å². The molecule has 0 aliphatic heterocycles. The first-order valence-corrected chi connectivity index (χ1v) is 12.0. The van der Waals surface area contributed by atoms with Crippen LogP contribution in [0.1, 0.15) is 24.0 Å². The topological polar surface area (TPSA) is 214 Å². The minimum atomic E-state index is -1.58. The molecular formula is C26H33N5O7. The Morgan fingerprint density at radius 2 is 1.18 bits per heavy atom. The average Bonchev–Trinajstić information content (AvgIpc) is 2.89. The molecule has 4 atom stereocenters. The number of nitrogens with one attached hydrogen (secondary N) is 3. The predicted octanol–water partition coefficient (Wildman–Crippen LogP) is -1.40. The van der Waals surface area contributed by atoms with Crippen molar-refractivity contribution in [2.75, 3.05) is 6.61 Å². The van der Waals surface area contributed by atoms with Gasteiger partial charge in [-0.15, -0.1) is 0 Å². The number of aliphatic hydroxyl groups excluding tert-OH is 1. The molecule has 0 bridgehead atoms. The third kappa shape index (κ3) is 9.99. The van der Waals surface area contributed by atoms with Crippen molar-refractivity contribution in [3.8, 4) is 0 Å². The van der Waals surface area contributed by atoms with Crippen molar-refractivity contribution in [3.63, 3.8) is 0 Å². The number of amides is 4. The molecule has 12 heteroatoms. The standard InChI is InChI=1S/C26H33N5O7/c27-18(13-16-7-3-1-4-8-16)23(34)29-19(11-12-22(28)33)24(35)30-20(14-17-9-5-2-6-10-17)25(36)31-21(15-32)26(37)38/h1-10,18-21,32H,11-15,27H2,(H2,28,33)(H,29,34)(H,30,35)(H,31,36)(H,37,38). The number of aliphatic hydroxyl groups is 1. The summed E-state index contributed by atoms with van der Waals surface area (Å²) in [5.74, 6) is -4.45. The summed E-state index contributed by atoms with van der Waals surface area (Å²) in [7, 11) is 0. The fourth-order valence-electron chi connectivity index (χ4n) is 3.58. The van der Waals surface area contributed by atoms with E-state index in [2.05, 4.69) is 16.0 Å². The molecule has 0 aromatic heterocycles. The highest BCUT2D eigenvalue weighted by atomic mass is 16.4. The van der Waals surface area contributed by atoms with Crippen molar-refractivity contribution in [3.05, 3.63) is 71.8 Å². The summed E-state index contributed by atoms with van der Waals surface area (Å²) in [6.45, 7) is -0.857. The molecule has 2 rings (SSSR count). The molecule has 4 amide bonds. The van der Waals surface area contributed by atoms with E-state index >= 15 is 0 Å². The third-order valence-corrected chi connectivity index (χ3v) is 5.66. The molecule has 0 aliphatic carbocycles. The molecule has 4 unspecified atom stereocenters. The molecule has 0 radical (unpaired) electrons. The Balaban J connectivity index is 2.19. The fraction of sp³-hybridized carbons (Fsp3) is 0.346. The molecule has 0 spiro atoms. The Morgan fingerprint density at radius 3 is 1.68 bits per heavy atom. The molecule has 9 N–H and O–H groups in total. The molecule has 204 valence electrons. The summed E-state index contributed by atoms with van der Waals surface area (Å²) in [6.07, 6.45) is -0.194. The van der Waals surface area contributed by atoms with Crippen LogP contribution >= 0.6 is 0 Å². The minimum Gasteiger partial charge on any atom is -0.480 e. The number of primary amides is 1. The summed E-state index contributed by atoms with van der Waals surface area (Å²) in [5, 5.41) is 25.7. The quantitative estimate of drug-likeness (QED) is 0.146. The van der Waals surface area contributed by atoms with Crippen LogP contribution in [0.5, 0.6) is 0 Å². The number of nitrogens with two attached hydrogens (primary N) is 2. The van der Waals surface area contributed by atoms with Crippen molar-refractivity contribution < 1.29 is 34.2 Å². The molecule has 0 heterocycles. The van der Waals surface area contributed by atoms with Crippen LogP contribution in [0.15, 0.2) is 60.7 Å². The van der Waals surface area contributed by atoms with Crippen molar-refractivity contribution >= 4 is 29.6 Å².